The Morgan fingerprint density at radius 1 is 1.05 bits per heavy atom. The van der Waals surface area contributed by atoms with Crippen molar-refractivity contribution < 1.29 is 13.2 Å². The minimum Gasteiger partial charge on any atom is -0.306 e. The minimum atomic E-state index is -4.28. The molecule has 0 saturated carbocycles. The average molecular weight is 293 g/mol. The molecular weight excluding hydrogens is 275 g/mol. The van der Waals surface area contributed by atoms with E-state index in [9.17, 15) is 13.2 Å². The number of benzene rings is 2. The monoisotopic (exact) mass is 293 g/mol. The highest BCUT2D eigenvalue weighted by molar-refractivity contribution is 5.26. The lowest BCUT2D eigenvalue weighted by atomic mass is 10.1. The van der Waals surface area contributed by atoms with Crippen molar-refractivity contribution in [3.63, 3.8) is 0 Å². The van der Waals surface area contributed by atoms with Gasteiger partial charge in [-0.1, -0.05) is 42.0 Å². The fourth-order valence-corrected chi connectivity index (χ4v) is 2.14. The van der Waals surface area contributed by atoms with E-state index in [0.717, 1.165) is 17.7 Å². The molecule has 2 rings (SSSR count). The summed E-state index contributed by atoms with van der Waals surface area (Å²) in [5.41, 5.74) is 2.58. The molecule has 0 saturated heterocycles. The van der Waals surface area contributed by atoms with Gasteiger partial charge in [0.15, 0.2) is 0 Å². The van der Waals surface area contributed by atoms with E-state index in [0.29, 0.717) is 6.54 Å². The maximum Gasteiger partial charge on any atom is 0.416 e. The summed E-state index contributed by atoms with van der Waals surface area (Å²) in [4.78, 5) is 0. The topological polar surface area (TPSA) is 12.0 Å². The number of halogens is 3. The number of alkyl halides is 3. The van der Waals surface area contributed by atoms with E-state index in [4.69, 9.17) is 0 Å². The van der Waals surface area contributed by atoms with E-state index in [1.165, 1.54) is 23.3 Å². The molecule has 0 aliphatic rings. The van der Waals surface area contributed by atoms with Gasteiger partial charge in [-0.25, -0.2) is 0 Å². The van der Waals surface area contributed by atoms with Gasteiger partial charge in [0.2, 0.25) is 0 Å². The van der Waals surface area contributed by atoms with Gasteiger partial charge in [-0.05, 0) is 37.1 Å². The molecule has 0 amide bonds. The van der Waals surface area contributed by atoms with Crippen LogP contribution in [0.3, 0.4) is 0 Å². The maximum atomic E-state index is 12.5. The van der Waals surface area contributed by atoms with Crippen molar-refractivity contribution >= 4 is 0 Å². The SMILES string of the molecule is Cc1cccc([C@@H](C)NCc2ccc(C(F)(F)F)cc2)c1. The summed E-state index contributed by atoms with van der Waals surface area (Å²) in [5.74, 6) is 0. The van der Waals surface area contributed by atoms with Crippen molar-refractivity contribution in [3.05, 3.63) is 70.8 Å². The molecule has 112 valence electrons. The van der Waals surface area contributed by atoms with Crippen molar-refractivity contribution in [2.24, 2.45) is 0 Å². The first-order valence-corrected chi connectivity index (χ1v) is 6.82. The second-order valence-corrected chi connectivity index (χ2v) is 5.21. The van der Waals surface area contributed by atoms with Crippen LogP contribution in [0.2, 0.25) is 0 Å². The van der Waals surface area contributed by atoms with E-state index in [1.54, 1.807) is 0 Å². The molecular formula is C17H18F3N. The first-order chi connectivity index (χ1) is 9.86. The predicted octanol–water partition coefficient (Wildman–Crippen LogP) is 4.86. The van der Waals surface area contributed by atoms with Crippen LogP contribution in [0, 0.1) is 6.92 Å². The normalized spacial score (nSPS) is 13.2. The van der Waals surface area contributed by atoms with E-state index in [1.807, 2.05) is 32.0 Å². The third-order valence-corrected chi connectivity index (χ3v) is 3.44. The van der Waals surface area contributed by atoms with Crippen LogP contribution in [-0.4, -0.2) is 0 Å². The Balaban J connectivity index is 1.97. The Morgan fingerprint density at radius 3 is 2.29 bits per heavy atom. The number of rotatable bonds is 4. The third kappa shape index (κ3) is 4.33. The molecule has 2 aromatic carbocycles. The maximum absolute atomic E-state index is 12.5. The highest BCUT2D eigenvalue weighted by Crippen LogP contribution is 2.29. The van der Waals surface area contributed by atoms with Crippen LogP contribution >= 0.6 is 0 Å². The molecule has 1 atom stereocenters. The summed E-state index contributed by atoms with van der Waals surface area (Å²) in [5, 5.41) is 3.32. The van der Waals surface area contributed by atoms with Gasteiger partial charge in [0.05, 0.1) is 5.56 Å². The van der Waals surface area contributed by atoms with Crippen LogP contribution < -0.4 is 5.32 Å². The molecule has 2 aromatic rings. The van der Waals surface area contributed by atoms with Gasteiger partial charge in [0.25, 0.3) is 0 Å². The second-order valence-electron chi connectivity index (χ2n) is 5.21. The molecule has 0 heterocycles. The Hall–Kier alpha value is -1.81. The number of aryl methyl sites for hydroxylation is 1. The van der Waals surface area contributed by atoms with Crippen LogP contribution in [0.25, 0.3) is 0 Å². The van der Waals surface area contributed by atoms with Crippen LogP contribution in [0.15, 0.2) is 48.5 Å². The summed E-state index contributed by atoms with van der Waals surface area (Å²) in [6.07, 6.45) is -4.28. The highest BCUT2D eigenvalue weighted by atomic mass is 19.4. The second kappa shape index (κ2) is 6.31. The fourth-order valence-electron chi connectivity index (χ4n) is 2.14. The van der Waals surface area contributed by atoms with Gasteiger partial charge in [0, 0.05) is 12.6 Å². The first kappa shape index (κ1) is 15.6. The number of nitrogens with one attached hydrogen (secondary N) is 1. The summed E-state index contributed by atoms with van der Waals surface area (Å²) in [7, 11) is 0. The molecule has 1 N–H and O–H groups in total. The summed E-state index contributed by atoms with van der Waals surface area (Å²) in [6, 6.07) is 13.6. The van der Waals surface area contributed by atoms with E-state index in [2.05, 4.69) is 11.4 Å². The van der Waals surface area contributed by atoms with Crippen LogP contribution in [0.4, 0.5) is 13.2 Å². The standard InChI is InChI=1S/C17H18F3N/c1-12-4-3-5-15(10-12)13(2)21-11-14-6-8-16(9-7-14)17(18,19)20/h3-10,13,21H,11H2,1-2H3/t13-/m1/s1. The average Bonchev–Trinajstić information content (AvgIpc) is 2.44. The Bertz CT molecular complexity index is 588. The van der Waals surface area contributed by atoms with Crippen LogP contribution in [-0.2, 0) is 12.7 Å². The van der Waals surface area contributed by atoms with Crippen molar-refractivity contribution in [2.45, 2.75) is 32.6 Å². The summed E-state index contributed by atoms with van der Waals surface area (Å²) in [6.45, 7) is 4.61. The zero-order valence-corrected chi connectivity index (χ0v) is 12.0. The van der Waals surface area contributed by atoms with Crippen LogP contribution in [0.1, 0.15) is 35.2 Å². The molecule has 0 bridgehead atoms. The van der Waals surface area contributed by atoms with E-state index in [-0.39, 0.29) is 6.04 Å². The van der Waals surface area contributed by atoms with Crippen LogP contribution in [0.5, 0.6) is 0 Å². The Morgan fingerprint density at radius 2 is 1.71 bits per heavy atom. The highest BCUT2D eigenvalue weighted by Gasteiger charge is 2.29. The molecule has 0 aliphatic heterocycles. The molecule has 0 aliphatic carbocycles. The third-order valence-electron chi connectivity index (χ3n) is 3.44. The number of hydrogen-bond donors (Lipinski definition) is 1. The quantitative estimate of drug-likeness (QED) is 0.848. The van der Waals surface area contributed by atoms with Gasteiger partial charge >= 0.3 is 6.18 Å². The molecule has 0 unspecified atom stereocenters. The number of hydrogen-bond acceptors (Lipinski definition) is 1. The zero-order valence-electron chi connectivity index (χ0n) is 12.0. The fraction of sp³-hybridized carbons (Fsp3) is 0.294. The Labute approximate surface area is 122 Å². The van der Waals surface area contributed by atoms with Crippen molar-refractivity contribution in [3.8, 4) is 0 Å². The molecule has 0 aromatic heterocycles. The largest absolute Gasteiger partial charge is 0.416 e. The molecule has 0 radical (unpaired) electrons. The smallest absolute Gasteiger partial charge is 0.306 e. The summed E-state index contributed by atoms with van der Waals surface area (Å²) < 4.78 is 37.4. The van der Waals surface area contributed by atoms with Crippen molar-refractivity contribution in [2.75, 3.05) is 0 Å². The van der Waals surface area contributed by atoms with Gasteiger partial charge in [-0.15, -0.1) is 0 Å². The first-order valence-electron chi connectivity index (χ1n) is 6.82. The van der Waals surface area contributed by atoms with Gasteiger partial charge in [0.1, 0.15) is 0 Å². The Kier molecular flexibility index (Phi) is 4.68. The zero-order chi connectivity index (χ0) is 15.5. The molecule has 21 heavy (non-hydrogen) atoms. The molecule has 1 nitrogen and oxygen atoms in total. The van der Waals surface area contributed by atoms with Gasteiger partial charge in [-0.3, -0.25) is 0 Å². The predicted molar refractivity (Wildman–Crippen MR) is 77.9 cm³/mol. The summed E-state index contributed by atoms with van der Waals surface area (Å²) >= 11 is 0. The lowest BCUT2D eigenvalue weighted by molar-refractivity contribution is -0.137. The van der Waals surface area contributed by atoms with Crippen molar-refractivity contribution in [1.82, 2.24) is 5.32 Å². The van der Waals surface area contributed by atoms with E-state index >= 15 is 0 Å². The molecule has 4 heteroatoms. The molecule has 0 spiro atoms. The lowest BCUT2D eigenvalue weighted by Gasteiger charge is -2.15. The van der Waals surface area contributed by atoms with E-state index < -0.39 is 11.7 Å². The molecule has 0 fully saturated rings. The van der Waals surface area contributed by atoms with Crippen molar-refractivity contribution in [1.29, 1.82) is 0 Å². The lowest BCUT2D eigenvalue weighted by Crippen LogP contribution is -2.18. The van der Waals surface area contributed by atoms with Gasteiger partial charge in [-0.2, -0.15) is 13.2 Å². The van der Waals surface area contributed by atoms with Gasteiger partial charge < -0.3 is 5.32 Å². The minimum absolute atomic E-state index is 0.146.